The van der Waals surface area contributed by atoms with Crippen molar-refractivity contribution in [3.63, 3.8) is 0 Å². The predicted octanol–water partition coefficient (Wildman–Crippen LogP) is 4.84. The molecule has 0 radical (unpaired) electrons. The Hall–Kier alpha value is -4.40. The van der Waals surface area contributed by atoms with Crippen molar-refractivity contribution in [1.29, 1.82) is 0 Å². The van der Waals surface area contributed by atoms with Crippen molar-refractivity contribution < 1.29 is 33.6 Å². The van der Waals surface area contributed by atoms with Gasteiger partial charge in [-0.3, -0.25) is 4.90 Å². The summed E-state index contributed by atoms with van der Waals surface area (Å²) in [5.41, 5.74) is 1.81. The number of aliphatic carboxylic acids is 1. The topological polar surface area (TPSA) is 97.8 Å². The molecular weight excluding hydrogens is 488 g/mol. The van der Waals surface area contributed by atoms with E-state index in [1.165, 1.54) is 4.90 Å². The second-order valence-electron chi connectivity index (χ2n) is 8.73. The van der Waals surface area contributed by atoms with Crippen molar-refractivity contribution in [1.82, 2.24) is 4.90 Å². The maximum atomic E-state index is 13.0. The first-order valence-electron chi connectivity index (χ1n) is 12.5. The van der Waals surface area contributed by atoms with Crippen molar-refractivity contribution in [2.24, 2.45) is 0 Å². The third-order valence-corrected chi connectivity index (χ3v) is 6.28. The summed E-state index contributed by atoms with van der Waals surface area (Å²) in [5.74, 6) is 1.39. The molecule has 0 aromatic heterocycles. The lowest BCUT2D eigenvalue weighted by molar-refractivity contribution is -0.142. The van der Waals surface area contributed by atoms with Crippen LogP contribution >= 0.6 is 0 Å². The number of carbonyl (C=O) groups excluding carboxylic acids is 1. The molecule has 38 heavy (non-hydrogen) atoms. The average molecular weight is 521 g/mol. The third-order valence-electron chi connectivity index (χ3n) is 6.28. The summed E-state index contributed by atoms with van der Waals surface area (Å²) >= 11 is 0. The number of fused-ring (bicyclic) bond motifs is 1. The molecule has 1 aliphatic rings. The van der Waals surface area contributed by atoms with Gasteiger partial charge in [0.05, 0.1) is 25.9 Å². The fraction of sp³-hybridized carbons (Fsp3) is 0.310. The number of carboxylic acid groups (broad SMARTS) is 1. The van der Waals surface area contributed by atoms with E-state index in [9.17, 15) is 14.7 Å². The first-order valence-corrected chi connectivity index (χ1v) is 12.5. The number of ether oxygens (including phenoxy) is 4. The molecule has 1 unspecified atom stereocenters. The average Bonchev–Trinajstić information content (AvgIpc) is 2.94. The molecule has 3 aromatic rings. The highest BCUT2D eigenvalue weighted by Crippen LogP contribution is 2.30. The van der Waals surface area contributed by atoms with Crippen LogP contribution in [0.3, 0.4) is 0 Å². The zero-order valence-electron chi connectivity index (χ0n) is 21.5. The summed E-state index contributed by atoms with van der Waals surface area (Å²) in [6.45, 7) is 4.43. The van der Waals surface area contributed by atoms with Crippen LogP contribution in [0, 0.1) is 0 Å². The van der Waals surface area contributed by atoms with Crippen LogP contribution in [0.1, 0.15) is 18.9 Å². The number of amides is 1. The fourth-order valence-electron chi connectivity index (χ4n) is 4.25. The number of benzene rings is 3. The van der Waals surface area contributed by atoms with Gasteiger partial charge >= 0.3 is 12.1 Å². The largest absolute Gasteiger partial charge is 0.497 e. The highest BCUT2D eigenvalue weighted by atomic mass is 16.6. The second-order valence-corrected chi connectivity index (χ2v) is 8.73. The van der Waals surface area contributed by atoms with E-state index in [0.29, 0.717) is 37.0 Å². The minimum atomic E-state index is -1.09. The summed E-state index contributed by atoms with van der Waals surface area (Å²) in [7, 11) is 1.54. The predicted molar refractivity (Wildman–Crippen MR) is 142 cm³/mol. The molecule has 200 valence electrons. The van der Waals surface area contributed by atoms with Crippen LogP contribution in [-0.2, 0) is 11.3 Å². The van der Waals surface area contributed by atoms with Crippen molar-refractivity contribution in [3.8, 4) is 23.0 Å². The third kappa shape index (κ3) is 6.67. The van der Waals surface area contributed by atoms with Crippen LogP contribution < -0.4 is 23.8 Å². The lowest BCUT2D eigenvalue weighted by Gasteiger charge is -2.31. The van der Waals surface area contributed by atoms with Crippen LogP contribution in [0.2, 0.25) is 0 Å². The fourth-order valence-corrected chi connectivity index (χ4v) is 4.25. The number of carboxylic acids is 1. The van der Waals surface area contributed by atoms with Gasteiger partial charge in [-0.2, -0.15) is 0 Å². The van der Waals surface area contributed by atoms with Gasteiger partial charge in [-0.15, -0.1) is 0 Å². The molecule has 1 amide bonds. The Morgan fingerprint density at radius 3 is 2.37 bits per heavy atom. The number of para-hydroxylation sites is 2. The number of rotatable bonds is 11. The van der Waals surface area contributed by atoms with E-state index < -0.39 is 18.1 Å². The van der Waals surface area contributed by atoms with Gasteiger partial charge < -0.3 is 29.0 Å². The van der Waals surface area contributed by atoms with Gasteiger partial charge in [0, 0.05) is 6.54 Å². The van der Waals surface area contributed by atoms with E-state index >= 15 is 0 Å². The molecule has 4 rings (SSSR count). The number of hydrogen-bond donors (Lipinski definition) is 1. The van der Waals surface area contributed by atoms with E-state index in [-0.39, 0.29) is 13.0 Å². The van der Waals surface area contributed by atoms with E-state index in [2.05, 4.69) is 4.90 Å². The molecule has 9 heteroatoms. The molecule has 1 heterocycles. The lowest BCUT2D eigenvalue weighted by atomic mass is 10.1. The number of carbonyl (C=O) groups is 2. The van der Waals surface area contributed by atoms with Crippen LogP contribution in [0.15, 0.2) is 72.8 Å². The summed E-state index contributed by atoms with van der Waals surface area (Å²) < 4.78 is 22.2. The van der Waals surface area contributed by atoms with Gasteiger partial charge in [-0.1, -0.05) is 31.2 Å². The van der Waals surface area contributed by atoms with Crippen LogP contribution in [0.4, 0.5) is 10.5 Å². The van der Waals surface area contributed by atoms with Gasteiger partial charge in [0.15, 0.2) is 0 Å². The molecule has 9 nitrogen and oxygen atoms in total. The minimum absolute atomic E-state index is 0.0740. The summed E-state index contributed by atoms with van der Waals surface area (Å²) in [4.78, 5) is 28.3. The normalized spacial score (nSPS) is 13.1. The van der Waals surface area contributed by atoms with Gasteiger partial charge in [0.2, 0.25) is 0 Å². The molecule has 0 bridgehead atoms. The van der Waals surface area contributed by atoms with E-state index in [1.807, 2.05) is 48.5 Å². The molecule has 0 aliphatic carbocycles. The molecule has 0 spiro atoms. The Kier molecular flexibility index (Phi) is 8.92. The Balaban J connectivity index is 1.37. The molecule has 0 saturated heterocycles. The van der Waals surface area contributed by atoms with E-state index in [1.54, 1.807) is 38.3 Å². The van der Waals surface area contributed by atoms with Gasteiger partial charge in [-0.25, -0.2) is 9.59 Å². The number of hydrogen-bond acceptors (Lipinski definition) is 7. The summed E-state index contributed by atoms with van der Waals surface area (Å²) in [5, 5.41) is 9.72. The highest BCUT2D eigenvalue weighted by Gasteiger charge is 2.30. The lowest BCUT2D eigenvalue weighted by Crippen LogP contribution is -2.45. The van der Waals surface area contributed by atoms with Gasteiger partial charge in [-0.05, 0) is 60.5 Å². The van der Waals surface area contributed by atoms with Crippen molar-refractivity contribution in [2.45, 2.75) is 25.9 Å². The zero-order chi connectivity index (χ0) is 26.9. The molecule has 1 atom stereocenters. The summed E-state index contributed by atoms with van der Waals surface area (Å²) in [6.07, 6.45) is -0.505. The molecular formula is C29H32N2O7. The second kappa shape index (κ2) is 12.7. The molecule has 1 aliphatic heterocycles. The Labute approximate surface area is 222 Å². The van der Waals surface area contributed by atoms with Crippen molar-refractivity contribution in [3.05, 3.63) is 78.4 Å². The molecule has 3 aromatic carbocycles. The standard InChI is InChI=1S/C29H32N2O7/c1-3-25(28(32)33)31(29(34)38-24-14-12-22(35-2)13-15-24)20-21-8-10-23(11-9-21)36-18-16-30-17-19-37-27-7-5-4-6-26(27)30/h4-15,25H,3,16-20H2,1-2H3,(H,32,33). The number of anilines is 1. The first kappa shape index (κ1) is 26.7. The molecule has 0 saturated carbocycles. The maximum Gasteiger partial charge on any atom is 0.416 e. The SMILES string of the molecule is CCC(C(=O)O)N(Cc1ccc(OCCN2CCOc3ccccc32)cc1)C(=O)Oc1ccc(OC)cc1. The number of methoxy groups -OCH3 is 1. The van der Waals surface area contributed by atoms with E-state index in [0.717, 1.165) is 23.5 Å². The first-order chi connectivity index (χ1) is 18.5. The maximum absolute atomic E-state index is 13.0. The zero-order valence-corrected chi connectivity index (χ0v) is 21.5. The Morgan fingerprint density at radius 1 is 1.00 bits per heavy atom. The Bertz CT molecular complexity index is 1210. The minimum Gasteiger partial charge on any atom is -0.497 e. The van der Waals surface area contributed by atoms with Crippen LogP contribution in [-0.4, -0.2) is 61.5 Å². The summed E-state index contributed by atoms with van der Waals surface area (Å²) in [6, 6.07) is 20.7. The van der Waals surface area contributed by atoms with E-state index in [4.69, 9.17) is 18.9 Å². The number of nitrogens with zero attached hydrogens (tertiary/aromatic N) is 2. The molecule has 1 N–H and O–H groups in total. The smallest absolute Gasteiger partial charge is 0.416 e. The van der Waals surface area contributed by atoms with Gasteiger partial charge in [0.1, 0.15) is 42.3 Å². The Morgan fingerprint density at radius 2 is 1.68 bits per heavy atom. The van der Waals surface area contributed by atoms with Crippen molar-refractivity contribution in [2.75, 3.05) is 38.3 Å². The van der Waals surface area contributed by atoms with Crippen LogP contribution in [0.25, 0.3) is 0 Å². The monoisotopic (exact) mass is 520 g/mol. The molecule has 0 fully saturated rings. The van der Waals surface area contributed by atoms with Gasteiger partial charge in [0.25, 0.3) is 0 Å². The van der Waals surface area contributed by atoms with Crippen molar-refractivity contribution >= 4 is 17.7 Å². The van der Waals surface area contributed by atoms with Crippen LogP contribution in [0.5, 0.6) is 23.0 Å². The quantitative estimate of drug-likeness (QED) is 0.384. The highest BCUT2D eigenvalue weighted by molar-refractivity contribution is 5.81.